The zero-order valence-corrected chi connectivity index (χ0v) is 20.2. The van der Waals surface area contributed by atoms with E-state index >= 15 is 0 Å². The van der Waals surface area contributed by atoms with E-state index in [1.807, 2.05) is 6.07 Å². The molecule has 5 heteroatoms. The van der Waals surface area contributed by atoms with Crippen LogP contribution >= 0.6 is 0 Å². The summed E-state index contributed by atoms with van der Waals surface area (Å²) in [5.41, 5.74) is 0.991. The smallest absolute Gasteiger partial charge is 0.272 e. The van der Waals surface area contributed by atoms with Crippen molar-refractivity contribution in [2.24, 2.45) is 11.8 Å². The molecular weight excluding hydrogens is 413 g/mol. The third-order valence-corrected chi connectivity index (χ3v) is 10.6. The second-order valence-corrected chi connectivity index (χ2v) is 12.8. The predicted molar refractivity (Wildman–Crippen MR) is 124 cm³/mol. The van der Waals surface area contributed by atoms with Gasteiger partial charge in [0, 0.05) is 8.80 Å². The first-order chi connectivity index (χ1) is 15.0. The minimum atomic E-state index is -2.59. The molecule has 0 atom stereocenters. The maximum absolute atomic E-state index is 14.2. The first-order valence-corrected chi connectivity index (χ1v) is 14.7. The van der Waals surface area contributed by atoms with Gasteiger partial charge in [-0.25, -0.2) is 13.2 Å². The van der Waals surface area contributed by atoms with Gasteiger partial charge < -0.3 is 4.74 Å². The third kappa shape index (κ3) is 8.14. The highest BCUT2D eigenvalue weighted by atomic mass is 28.3. The van der Waals surface area contributed by atoms with E-state index in [2.05, 4.69) is 6.92 Å². The number of benzene rings is 1. The topological polar surface area (TPSA) is 9.23 Å². The van der Waals surface area contributed by atoms with Crippen LogP contribution < -0.4 is 4.74 Å². The van der Waals surface area contributed by atoms with Crippen molar-refractivity contribution < 1.29 is 17.9 Å². The molecule has 1 aromatic carbocycles. The van der Waals surface area contributed by atoms with Gasteiger partial charge in [0.2, 0.25) is 0 Å². The van der Waals surface area contributed by atoms with Gasteiger partial charge in [-0.1, -0.05) is 76.1 Å². The second-order valence-electron chi connectivity index (χ2n) is 9.84. The summed E-state index contributed by atoms with van der Waals surface area (Å²) in [6.07, 6.45) is 12.1. The number of halogens is 3. The highest BCUT2D eigenvalue weighted by molar-refractivity contribution is 6.58. The summed E-state index contributed by atoms with van der Waals surface area (Å²) < 4.78 is 43.6. The van der Waals surface area contributed by atoms with Crippen LogP contribution in [-0.4, -0.2) is 21.8 Å². The molecule has 0 bridgehead atoms. The molecule has 1 aliphatic heterocycles. The van der Waals surface area contributed by atoms with Crippen molar-refractivity contribution in [3.63, 3.8) is 0 Å². The number of hydrogen-bond acceptors (Lipinski definition) is 1. The first kappa shape index (κ1) is 24.7. The summed E-state index contributed by atoms with van der Waals surface area (Å²) >= 11 is 0. The van der Waals surface area contributed by atoms with Gasteiger partial charge >= 0.3 is 0 Å². The second kappa shape index (κ2) is 12.9. The minimum absolute atomic E-state index is 0.0240. The highest BCUT2D eigenvalue weighted by Gasteiger charge is 2.26. The molecule has 2 fully saturated rings. The molecule has 1 nitrogen and oxygen atoms in total. The molecule has 0 unspecified atom stereocenters. The Balaban J connectivity index is 1.34. The summed E-state index contributed by atoms with van der Waals surface area (Å²) in [5, 5.41) is 0. The fraction of sp³-hybridized carbons (Fsp3) is 0.769. The quantitative estimate of drug-likeness (QED) is 0.241. The van der Waals surface area contributed by atoms with Crippen LogP contribution in [0.4, 0.5) is 13.2 Å². The number of rotatable bonds is 11. The standard InChI is InChI=1S/C26H40F3OSi/c1-2-3-4-15-31-16-13-21(14-17-31)6-5-20-7-9-22(10-8-20)23-11-12-25(24(27)18-23)30-19-26(28)29/h11-12,18,20-22,26H,2-10,13-17,19H2,1H3. The van der Waals surface area contributed by atoms with Crippen LogP contribution in [0.3, 0.4) is 0 Å². The molecule has 175 valence electrons. The van der Waals surface area contributed by atoms with E-state index in [0.29, 0.717) is 5.92 Å². The highest BCUT2D eigenvalue weighted by Crippen LogP contribution is 2.40. The predicted octanol–water partition coefficient (Wildman–Crippen LogP) is 8.62. The summed E-state index contributed by atoms with van der Waals surface area (Å²) in [7, 11) is -0.0240. The van der Waals surface area contributed by atoms with Gasteiger partial charge in [-0.05, 0) is 61.1 Å². The van der Waals surface area contributed by atoms with E-state index in [-0.39, 0.29) is 14.5 Å². The van der Waals surface area contributed by atoms with E-state index in [4.69, 9.17) is 4.74 Å². The van der Waals surface area contributed by atoms with Gasteiger partial charge in [-0.2, -0.15) is 0 Å². The van der Waals surface area contributed by atoms with Gasteiger partial charge in [0.25, 0.3) is 6.43 Å². The Morgan fingerprint density at radius 3 is 2.26 bits per heavy atom. The van der Waals surface area contributed by atoms with Crippen molar-refractivity contribution in [3.05, 3.63) is 29.6 Å². The zero-order chi connectivity index (χ0) is 22.1. The van der Waals surface area contributed by atoms with Crippen LogP contribution in [0.1, 0.15) is 89.0 Å². The molecule has 1 radical (unpaired) electrons. The van der Waals surface area contributed by atoms with Gasteiger partial charge in [0.15, 0.2) is 11.6 Å². The maximum atomic E-state index is 14.2. The summed E-state index contributed by atoms with van der Waals surface area (Å²) in [6.45, 7) is 1.54. The van der Waals surface area contributed by atoms with E-state index in [1.165, 1.54) is 69.9 Å². The molecule has 0 amide bonds. The average Bonchev–Trinajstić information content (AvgIpc) is 2.78. The van der Waals surface area contributed by atoms with E-state index in [9.17, 15) is 13.2 Å². The lowest BCUT2D eigenvalue weighted by Gasteiger charge is -2.32. The zero-order valence-electron chi connectivity index (χ0n) is 19.2. The van der Waals surface area contributed by atoms with Crippen molar-refractivity contribution in [2.45, 2.75) is 108 Å². The molecule has 0 spiro atoms. The van der Waals surface area contributed by atoms with Crippen molar-refractivity contribution >= 4 is 8.80 Å². The molecule has 0 N–H and O–H groups in total. The Labute approximate surface area is 188 Å². The fourth-order valence-corrected chi connectivity index (χ4v) is 8.68. The normalized spacial score (nSPS) is 23.4. The molecule has 3 rings (SSSR count). The summed E-state index contributed by atoms with van der Waals surface area (Å²) in [4.78, 5) is 0. The van der Waals surface area contributed by atoms with Crippen LogP contribution in [0.2, 0.25) is 18.1 Å². The Morgan fingerprint density at radius 1 is 0.968 bits per heavy atom. The van der Waals surface area contributed by atoms with Crippen LogP contribution in [0.25, 0.3) is 0 Å². The van der Waals surface area contributed by atoms with Gasteiger partial charge in [-0.15, -0.1) is 0 Å². The summed E-state index contributed by atoms with van der Waals surface area (Å²) in [6, 6.07) is 9.52. The third-order valence-electron chi connectivity index (χ3n) is 7.57. The largest absolute Gasteiger partial charge is 0.485 e. The molecule has 1 aromatic rings. The van der Waals surface area contributed by atoms with Crippen LogP contribution in [0.5, 0.6) is 5.75 Å². The molecule has 31 heavy (non-hydrogen) atoms. The van der Waals surface area contributed by atoms with Crippen LogP contribution in [0, 0.1) is 17.7 Å². The minimum Gasteiger partial charge on any atom is -0.485 e. The van der Waals surface area contributed by atoms with E-state index < -0.39 is 18.8 Å². The van der Waals surface area contributed by atoms with Gasteiger partial charge in [0.1, 0.15) is 6.61 Å². The van der Waals surface area contributed by atoms with E-state index in [0.717, 1.165) is 30.2 Å². The monoisotopic (exact) mass is 453 g/mol. The number of unbranched alkanes of at least 4 members (excludes halogenated alkanes) is 2. The van der Waals surface area contributed by atoms with Gasteiger partial charge in [0.05, 0.1) is 0 Å². The SMILES string of the molecule is CCCCC[Si]1CCC(CCC2CCC(c3ccc(OCC(F)F)c(F)c3)CC2)CC1. The van der Waals surface area contributed by atoms with Crippen molar-refractivity contribution in [3.8, 4) is 5.75 Å². The van der Waals surface area contributed by atoms with Crippen molar-refractivity contribution in [1.82, 2.24) is 0 Å². The lowest BCUT2D eigenvalue weighted by atomic mass is 9.76. The number of hydrogen-bond donors (Lipinski definition) is 0. The van der Waals surface area contributed by atoms with Crippen LogP contribution in [0.15, 0.2) is 18.2 Å². The molecule has 1 aliphatic carbocycles. The molecular formula is C26H40F3OSi. The lowest BCUT2D eigenvalue weighted by molar-refractivity contribution is 0.0799. The molecule has 1 saturated heterocycles. The van der Waals surface area contributed by atoms with Crippen LogP contribution in [-0.2, 0) is 0 Å². The molecule has 1 heterocycles. The molecule has 1 saturated carbocycles. The average molecular weight is 454 g/mol. The number of ether oxygens (including phenoxy) is 1. The number of alkyl halides is 2. The summed E-state index contributed by atoms with van der Waals surface area (Å²) in [5.74, 6) is 1.59. The van der Waals surface area contributed by atoms with E-state index in [1.54, 1.807) is 18.1 Å². The Morgan fingerprint density at radius 2 is 1.65 bits per heavy atom. The molecule has 0 aromatic heterocycles. The van der Waals surface area contributed by atoms with Crippen molar-refractivity contribution in [2.75, 3.05) is 6.61 Å². The van der Waals surface area contributed by atoms with Gasteiger partial charge in [-0.3, -0.25) is 0 Å². The Bertz CT molecular complexity index is 638. The maximum Gasteiger partial charge on any atom is 0.272 e. The fourth-order valence-electron chi connectivity index (χ4n) is 5.55. The first-order valence-electron chi connectivity index (χ1n) is 12.6. The Hall–Kier alpha value is -0.973. The Kier molecular flexibility index (Phi) is 10.3. The lowest BCUT2D eigenvalue weighted by Crippen LogP contribution is -2.22. The molecule has 2 aliphatic rings. The van der Waals surface area contributed by atoms with Crippen molar-refractivity contribution in [1.29, 1.82) is 0 Å².